The second-order valence-corrected chi connectivity index (χ2v) is 6.59. The number of thiocarbonyl (C=S) groups is 1. The fourth-order valence-electron chi connectivity index (χ4n) is 1.56. The van der Waals surface area contributed by atoms with Gasteiger partial charge in [0.1, 0.15) is 10.8 Å². The van der Waals surface area contributed by atoms with E-state index in [2.05, 4.69) is 16.9 Å². The van der Waals surface area contributed by atoms with Gasteiger partial charge in [0.15, 0.2) is 0 Å². The molecule has 0 aromatic heterocycles. The van der Waals surface area contributed by atoms with Crippen LogP contribution in [0.4, 0.5) is 4.39 Å². The molecule has 0 unspecified atom stereocenters. The molecule has 0 radical (unpaired) electrons. The lowest BCUT2D eigenvalue weighted by Crippen LogP contribution is -2.31. The summed E-state index contributed by atoms with van der Waals surface area (Å²) in [6.45, 7) is -0.105. The lowest BCUT2D eigenvalue weighted by atomic mass is 10.2. The summed E-state index contributed by atoms with van der Waals surface area (Å²) in [6, 6.07) is 3.52. The maximum atomic E-state index is 13.7. The van der Waals surface area contributed by atoms with Crippen molar-refractivity contribution in [2.24, 2.45) is 5.73 Å². The molecular formula is C12H16FN3O3S2. The molecule has 9 heteroatoms. The lowest BCUT2D eigenvalue weighted by molar-refractivity contribution is -0.128. The Morgan fingerprint density at radius 2 is 2.05 bits per heavy atom. The maximum Gasteiger partial charge on any atom is 0.241 e. The van der Waals surface area contributed by atoms with Crippen molar-refractivity contribution in [2.45, 2.75) is 11.3 Å². The number of hydrogen-bond donors (Lipinski definition) is 2. The highest BCUT2D eigenvalue weighted by atomic mass is 32.2. The smallest absolute Gasteiger partial charge is 0.241 e. The summed E-state index contributed by atoms with van der Waals surface area (Å²) in [4.78, 5) is 12.0. The zero-order valence-corrected chi connectivity index (χ0v) is 13.2. The third-order valence-electron chi connectivity index (χ3n) is 2.64. The van der Waals surface area contributed by atoms with E-state index in [0.29, 0.717) is 0 Å². The number of nitrogens with one attached hydrogen (secondary N) is 1. The second kappa shape index (κ2) is 6.92. The number of benzene rings is 1. The number of carbonyl (C=O) groups is 1. The van der Waals surface area contributed by atoms with Crippen LogP contribution in [-0.2, 0) is 14.8 Å². The molecule has 1 aromatic rings. The van der Waals surface area contributed by atoms with Gasteiger partial charge in [-0.05, 0) is 12.1 Å². The van der Waals surface area contributed by atoms with Crippen LogP contribution in [-0.4, -0.2) is 44.9 Å². The van der Waals surface area contributed by atoms with E-state index in [0.717, 1.165) is 6.07 Å². The van der Waals surface area contributed by atoms with Crippen molar-refractivity contribution in [3.8, 4) is 0 Å². The van der Waals surface area contributed by atoms with Crippen molar-refractivity contribution < 1.29 is 17.6 Å². The van der Waals surface area contributed by atoms with Crippen LogP contribution >= 0.6 is 12.2 Å². The van der Waals surface area contributed by atoms with E-state index in [1.165, 1.54) is 17.0 Å². The van der Waals surface area contributed by atoms with Crippen molar-refractivity contribution in [3.05, 3.63) is 29.6 Å². The van der Waals surface area contributed by atoms with Crippen LogP contribution in [0.1, 0.15) is 12.0 Å². The van der Waals surface area contributed by atoms with Crippen molar-refractivity contribution in [1.29, 1.82) is 0 Å². The molecule has 0 aliphatic heterocycles. The van der Waals surface area contributed by atoms with E-state index in [1.54, 1.807) is 14.1 Å². The number of nitrogens with two attached hydrogens (primary N) is 1. The van der Waals surface area contributed by atoms with Gasteiger partial charge in [0, 0.05) is 27.1 Å². The van der Waals surface area contributed by atoms with Gasteiger partial charge in [-0.3, -0.25) is 4.79 Å². The quantitative estimate of drug-likeness (QED) is 0.727. The van der Waals surface area contributed by atoms with Crippen LogP contribution in [0.3, 0.4) is 0 Å². The standard InChI is InChI=1S/C12H16FN3O3S2/c1-16(2)10(17)6-7-15-21(18,19)9-5-3-4-8(13)11(9)12(14)20/h3-5,15H,6-7H2,1-2H3,(H2,14,20). The Hall–Kier alpha value is -1.58. The zero-order valence-electron chi connectivity index (χ0n) is 11.6. The van der Waals surface area contributed by atoms with Crippen LogP contribution in [0.2, 0.25) is 0 Å². The van der Waals surface area contributed by atoms with Crippen molar-refractivity contribution >= 4 is 33.1 Å². The molecule has 0 atom stereocenters. The Labute approximate surface area is 128 Å². The second-order valence-electron chi connectivity index (χ2n) is 4.41. The highest BCUT2D eigenvalue weighted by molar-refractivity contribution is 7.89. The molecule has 0 bridgehead atoms. The SMILES string of the molecule is CN(C)C(=O)CCNS(=O)(=O)c1cccc(F)c1C(N)=S. The number of sulfonamides is 1. The molecule has 0 spiro atoms. The lowest BCUT2D eigenvalue weighted by Gasteiger charge is -2.13. The minimum absolute atomic E-state index is 0.00997. The first-order valence-electron chi connectivity index (χ1n) is 5.95. The van der Waals surface area contributed by atoms with Crippen molar-refractivity contribution in [3.63, 3.8) is 0 Å². The van der Waals surface area contributed by atoms with Crippen molar-refractivity contribution in [1.82, 2.24) is 9.62 Å². The minimum atomic E-state index is -4.01. The predicted octanol–water partition coefficient (Wildman–Crippen LogP) is 0.217. The number of amides is 1. The number of rotatable bonds is 6. The van der Waals surface area contributed by atoms with E-state index in [1.807, 2.05) is 0 Å². The summed E-state index contributed by atoms with van der Waals surface area (Å²) in [6.07, 6.45) is -0.00997. The molecule has 0 heterocycles. The summed E-state index contributed by atoms with van der Waals surface area (Å²) in [5.74, 6) is -1.04. The summed E-state index contributed by atoms with van der Waals surface area (Å²) in [5, 5.41) is 0. The highest BCUT2D eigenvalue weighted by Crippen LogP contribution is 2.18. The fourth-order valence-corrected chi connectivity index (χ4v) is 3.09. The van der Waals surface area contributed by atoms with Gasteiger partial charge in [0.05, 0.1) is 10.5 Å². The molecule has 0 saturated heterocycles. The molecule has 0 fully saturated rings. The van der Waals surface area contributed by atoms with Gasteiger partial charge in [0.2, 0.25) is 15.9 Å². The predicted molar refractivity (Wildman–Crippen MR) is 80.8 cm³/mol. The van der Waals surface area contributed by atoms with Gasteiger partial charge in [-0.2, -0.15) is 0 Å². The molecule has 21 heavy (non-hydrogen) atoms. The van der Waals surface area contributed by atoms with Crippen LogP contribution in [0.25, 0.3) is 0 Å². The first-order valence-corrected chi connectivity index (χ1v) is 7.84. The molecule has 0 aliphatic carbocycles. The molecular weight excluding hydrogens is 317 g/mol. The van der Waals surface area contributed by atoms with E-state index < -0.39 is 15.8 Å². The number of carbonyl (C=O) groups excluding carboxylic acids is 1. The van der Waals surface area contributed by atoms with E-state index in [-0.39, 0.29) is 34.3 Å². The Morgan fingerprint density at radius 1 is 1.43 bits per heavy atom. The van der Waals surface area contributed by atoms with E-state index in [9.17, 15) is 17.6 Å². The van der Waals surface area contributed by atoms with E-state index >= 15 is 0 Å². The van der Waals surface area contributed by atoms with Crippen LogP contribution in [0, 0.1) is 5.82 Å². The van der Waals surface area contributed by atoms with Crippen LogP contribution in [0.5, 0.6) is 0 Å². The van der Waals surface area contributed by atoms with Gasteiger partial charge in [-0.15, -0.1) is 0 Å². The van der Waals surface area contributed by atoms with Crippen LogP contribution in [0.15, 0.2) is 23.1 Å². The Morgan fingerprint density at radius 3 is 2.57 bits per heavy atom. The summed E-state index contributed by atoms with van der Waals surface area (Å²) in [7, 11) is -0.880. The third-order valence-corrected chi connectivity index (χ3v) is 4.35. The monoisotopic (exact) mass is 333 g/mol. The normalized spacial score (nSPS) is 11.2. The highest BCUT2D eigenvalue weighted by Gasteiger charge is 2.22. The average molecular weight is 333 g/mol. The van der Waals surface area contributed by atoms with Crippen LogP contribution < -0.4 is 10.5 Å². The Balaban J connectivity index is 2.97. The fraction of sp³-hybridized carbons (Fsp3) is 0.333. The first kappa shape index (κ1) is 17.5. The van der Waals surface area contributed by atoms with Gasteiger partial charge in [-0.25, -0.2) is 17.5 Å². The molecule has 0 saturated carbocycles. The molecule has 0 aliphatic rings. The van der Waals surface area contributed by atoms with E-state index in [4.69, 9.17) is 5.73 Å². The first-order chi connectivity index (χ1) is 9.66. The molecule has 1 aromatic carbocycles. The summed E-state index contributed by atoms with van der Waals surface area (Å²) < 4.78 is 40.2. The molecule has 6 nitrogen and oxygen atoms in total. The minimum Gasteiger partial charge on any atom is -0.389 e. The zero-order chi connectivity index (χ0) is 16.2. The van der Waals surface area contributed by atoms with Gasteiger partial charge >= 0.3 is 0 Å². The Bertz CT molecular complexity index is 660. The summed E-state index contributed by atoms with van der Waals surface area (Å²) in [5.41, 5.74) is 5.03. The largest absolute Gasteiger partial charge is 0.389 e. The molecule has 1 amide bonds. The third kappa shape index (κ3) is 4.45. The molecule has 1 rings (SSSR count). The topological polar surface area (TPSA) is 92.5 Å². The molecule has 3 N–H and O–H groups in total. The molecule has 116 valence electrons. The number of halogens is 1. The van der Waals surface area contributed by atoms with Gasteiger partial charge in [0.25, 0.3) is 0 Å². The average Bonchev–Trinajstić information content (AvgIpc) is 2.37. The Kier molecular flexibility index (Phi) is 5.76. The number of nitrogens with zero attached hydrogens (tertiary/aromatic N) is 1. The number of hydrogen-bond acceptors (Lipinski definition) is 4. The van der Waals surface area contributed by atoms with Crippen molar-refractivity contribution in [2.75, 3.05) is 20.6 Å². The maximum absolute atomic E-state index is 13.7. The summed E-state index contributed by atoms with van der Waals surface area (Å²) >= 11 is 4.68. The van der Waals surface area contributed by atoms with Gasteiger partial charge < -0.3 is 10.6 Å². The van der Waals surface area contributed by atoms with Gasteiger partial charge in [-0.1, -0.05) is 18.3 Å².